The Balaban J connectivity index is 2.19. The van der Waals surface area contributed by atoms with Gasteiger partial charge >= 0.3 is 5.97 Å². The van der Waals surface area contributed by atoms with E-state index in [0.29, 0.717) is 13.2 Å². The van der Waals surface area contributed by atoms with Crippen LogP contribution < -0.4 is 0 Å². The number of aliphatic hydroxyl groups excluding tert-OH is 1. The number of piperidine rings is 1. The van der Waals surface area contributed by atoms with Gasteiger partial charge in [0.2, 0.25) is 0 Å². The van der Waals surface area contributed by atoms with E-state index in [2.05, 4.69) is 23.9 Å². The van der Waals surface area contributed by atoms with Crippen LogP contribution in [-0.2, 0) is 9.53 Å². The van der Waals surface area contributed by atoms with Gasteiger partial charge in [0.25, 0.3) is 0 Å². The molecular formula is C14H28N2O3. The van der Waals surface area contributed by atoms with Gasteiger partial charge in [-0.15, -0.1) is 0 Å². The standard InChI is InChI=1S/C14H28N2O3/c1-4-19-14(18)9-13(17)11-16-7-5-12(6-8-16)10-15(2)3/h12-13,17H,4-11H2,1-3H3. The van der Waals surface area contributed by atoms with E-state index in [1.807, 2.05) is 0 Å². The van der Waals surface area contributed by atoms with Gasteiger partial charge in [-0.05, 0) is 52.9 Å². The molecule has 0 amide bonds. The third-order valence-corrected chi connectivity index (χ3v) is 3.51. The second-order valence-electron chi connectivity index (χ2n) is 5.67. The Labute approximate surface area is 116 Å². The molecule has 1 saturated heterocycles. The summed E-state index contributed by atoms with van der Waals surface area (Å²) in [5.74, 6) is 0.450. The topological polar surface area (TPSA) is 53.0 Å². The fourth-order valence-corrected chi connectivity index (χ4v) is 2.64. The average Bonchev–Trinajstić information content (AvgIpc) is 2.31. The molecule has 0 bridgehead atoms. The first-order chi connectivity index (χ1) is 9.01. The summed E-state index contributed by atoms with van der Waals surface area (Å²) in [6.45, 7) is 5.89. The molecule has 1 fully saturated rings. The number of carbonyl (C=O) groups is 1. The minimum Gasteiger partial charge on any atom is -0.466 e. The number of aliphatic hydroxyl groups is 1. The Morgan fingerprint density at radius 2 is 2.05 bits per heavy atom. The molecule has 5 nitrogen and oxygen atoms in total. The predicted octanol–water partition coefficient (Wildman–Crippen LogP) is 0.574. The number of hydrogen-bond donors (Lipinski definition) is 1. The molecule has 1 N–H and O–H groups in total. The van der Waals surface area contributed by atoms with E-state index in [-0.39, 0.29) is 12.4 Å². The molecule has 0 spiro atoms. The summed E-state index contributed by atoms with van der Waals surface area (Å²) in [4.78, 5) is 15.7. The lowest BCUT2D eigenvalue weighted by Gasteiger charge is -2.34. The molecule has 1 aliphatic heterocycles. The maximum Gasteiger partial charge on any atom is 0.308 e. The molecule has 112 valence electrons. The monoisotopic (exact) mass is 272 g/mol. The van der Waals surface area contributed by atoms with Crippen molar-refractivity contribution in [2.75, 3.05) is 46.9 Å². The van der Waals surface area contributed by atoms with Crippen molar-refractivity contribution in [3.8, 4) is 0 Å². The van der Waals surface area contributed by atoms with Crippen molar-refractivity contribution < 1.29 is 14.6 Å². The summed E-state index contributed by atoms with van der Waals surface area (Å²) in [7, 11) is 4.21. The molecule has 1 aliphatic rings. The van der Waals surface area contributed by atoms with E-state index in [4.69, 9.17) is 4.74 Å². The summed E-state index contributed by atoms with van der Waals surface area (Å²) in [6.07, 6.45) is 1.84. The lowest BCUT2D eigenvalue weighted by Crippen LogP contribution is -2.41. The fraction of sp³-hybridized carbons (Fsp3) is 0.929. The van der Waals surface area contributed by atoms with E-state index in [1.54, 1.807) is 6.92 Å². The maximum atomic E-state index is 11.3. The van der Waals surface area contributed by atoms with E-state index < -0.39 is 6.10 Å². The van der Waals surface area contributed by atoms with Crippen LogP contribution in [0.2, 0.25) is 0 Å². The smallest absolute Gasteiger partial charge is 0.308 e. The minimum absolute atomic E-state index is 0.103. The molecule has 0 aromatic heterocycles. The first-order valence-corrected chi connectivity index (χ1v) is 7.22. The summed E-state index contributed by atoms with van der Waals surface area (Å²) in [6, 6.07) is 0. The van der Waals surface area contributed by atoms with Gasteiger partial charge in [0.05, 0.1) is 19.1 Å². The zero-order chi connectivity index (χ0) is 14.3. The molecule has 0 radical (unpaired) electrons. The summed E-state index contributed by atoms with van der Waals surface area (Å²) in [5, 5.41) is 9.86. The number of likely N-dealkylation sites (tertiary alicyclic amines) is 1. The molecule has 19 heavy (non-hydrogen) atoms. The normalized spacial score (nSPS) is 19.6. The molecule has 1 heterocycles. The van der Waals surface area contributed by atoms with Crippen LogP contribution in [0.3, 0.4) is 0 Å². The van der Waals surface area contributed by atoms with Crippen LogP contribution in [0.4, 0.5) is 0 Å². The van der Waals surface area contributed by atoms with Crippen molar-refractivity contribution in [2.24, 2.45) is 5.92 Å². The second kappa shape index (κ2) is 8.51. The molecule has 1 atom stereocenters. The van der Waals surface area contributed by atoms with Crippen LogP contribution in [0.1, 0.15) is 26.2 Å². The van der Waals surface area contributed by atoms with Gasteiger partial charge in [-0.1, -0.05) is 0 Å². The SMILES string of the molecule is CCOC(=O)CC(O)CN1CCC(CN(C)C)CC1. The average molecular weight is 272 g/mol. The highest BCUT2D eigenvalue weighted by Crippen LogP contribution is 2.18. The van der Waals surface area contributed by atoms with Gasteiger partial charge in [0, 0.05) is 13.1 Å². The van der Waals surface area contributed by atoms with Crippen LogP contribution in [0, 0.1) is 5.92 Å². The molecular weight excluding hydrogens is 244 g/mol. The van der Waals surface area contributed by atoms with Gasteiger partial charge < -0.3 is 19.6 Å². The van der Waals surface area contributed by atoms with Crippen LogP contribution in [0.5, 0.6) is 0 Å². The van der Waals surface area contributed by atoms with Crippen molar-refractivity contribution in [1.29, 1.82) is 0 Å². The second-order valence-corrected chi connectivity index (χ2v) is 5.67. The van der Waals surface area contributed by atoms with Crippen LogP contribution in [0.15, 0.2) is 0 Å². The highest BCUT2D eigenvalue weighted by molar-refractivity contribution is 5.69. The third kappa shape index (κ3) is 6.89. The Hall–Kier alpha value is -0.650. The molecule has 1 rings (SSSR count). The number of nitrogens with zero attached hydrogens (tertiary/aromatic N) is 2. The van der Waals surface area contributed by atoms with Crippen LogP contribution >= 0.6 is 0 Å². The lowest BCUT2D eigenvalue weighted by atomic mass is 9.96. The van der Waals surface area contributed by atoms with Crippen molar-refractivity contribution in [1.82, 2.24) is 9.80 Å². The number of rotatable bonds is 7. The number of β-amino-alcohol motifs (C(OH)–C–C–N with tert-alkyl or cyclic N) is 1. The van der Waals surface area contributed by atoms with Gasteiger partial charge in [0.1, 0.15) is 0 Å². The summed E-state index contributed by atoms with van der Waals surface area (Å²) < 4.78 is 4.84. The largest absolute Gasteiger partial charge is 0.466 e. The highest BCUT2D eigenvalue weighted by Gasteiger charge is 2.22. The lowest BCUT2D eigenvalue weighted by molar-refractivity contribution is -0.145. The van der Waals surface area contributed by atoms with Crippen molar-refractivity contribution in [3.05, 3.63) is 0 Å². The molecule has 0 aromatic rings. The number of hydrogen-bond acceptors (Lipinski definition) is 5. The number of esters is 1. The summed E-state index contributed by atoms with van der Waals surface area (Å²) >= 11 is 0. The zero-order valence-electron chi connectivity index (χ0n) is 12.5. The molecule has 0 saturated carbocycles. The van der Waals surface area contributed by atoms with Crippen LogP contribution in [-0.4, -0.2) is 73.9 Å². The highest BCUT2D eigenvalue weighted by atomic mass is 16.5. The Morgan fingerprint density at radius 3 is 2.58 bits per heavy atom. The van der Waals surface area contributed by atoms with Crippen molar-refractivity contribution >= 4 is 5.97 Å². The fourth-order valence-electron chi connectivity index (χ4n) is 2.64. The quantitative estimate of drug-likeness (QED) is 0.687. The maximum absolute atomic E-state index is 11.3. The molecule has 5 heteroatoms. The van der Waals surface area contributed by atoms with Crippen molar-refractivity contribution in [3.63, 3.8) is 0 Å². The van der Waals surface area contributed by atoms with E-state index in [9.17, 15) is 9.90 Å². The minimum atomic E-state index is -0.607. The van der Waals surface area contributed by atoms with Gasteiger partial charge in [0.15, 0.2) is 0 Å². The number of ether oxygens (including phenoxy) is 1. The molecule has 0 aliphatic carbocycles. The van der Waals surface area contributed by atoms with Gasteiger partial charge in [-0.3, -0.25) is 4.79 Å². The first-order valence-electron chi connectivity index (χ1n) is 7.22. The zero-order valence-corrected chi connectivity index (χ0v) is 12.5. The predicted molar refractivity (Wildman–Crippen MR) is 75.0 cm³/mol. The van der Waals surface area contributed by atoms with Crippen molar-refractivity contribution in [2.45, 2.75) is 32.3 Å². The number of carbonyl (C=O) groups excluding carboxylic acids is 1. The Morgan fingerprint density at radius 1 is 1.42 bits per heavy atom. The molecule has 0 aromatic carbocycles. The molecule has 1 unspecified atom stereocenters. The van der Waals surface area contributed by atoms with E-state index in [0.717, 1.165) is 25.6 Å². The van der Waals surface area contributed by atoms with Crippen LogP contribution in [0.25, 0.3) is 0 Å². The van der Waals surface area contributed by atoms with E-state index >= 15 is 0 Å². The summed E-state index contributed by atoms with van der Waals surface area (Å²) in [5.41, 5.74) is 0. The van der Waals surface area contributed by atoms with Gasteiger partial charge in [-0.2, -0.15) is 0 Å². The Kier molecular flexibility index (Phi) is 7.34. The Bertz CT molecular complexity index is 263. The first kappa shape index (κ1) is 16.4. The van der Waals surface area contributed by atoms with Gasteiger partial charge in [-0.25, -0.2) is 0 Å². The van der Waals surface area contributed by atoms with E-state index in [1.165, 1.54) is 12.8 Å². The third-order valence-electron chi connectivity index (χ3n) is 3.51.